The summed E-state index contributed by atoms with van der Waals surface area (Å²) < 4.78 is 15.9. The summed E-state index contributed by atoms with van der Waals surface area (Å²) in [7, 11) is 0. The van der Waals surface area contributed by atoms with Gasteiger partial charge in [-0.05, 0) is 51.7 Å². The van der Waals surface area contributed by atoms with Gasteiger partial charge in [-0.2, -0.15) is 5.10 Å². The van der Waals surface area contributed by atoms with E-state index in [4.69, 9.17) is 5.11 Å². The third-order valence-electron chi connectivity index (χ3n) is 5.79. The summed E-state index contributed by atoms with van der Waals surface area (Å²) in [6.07, 6.45) is 7.63. The molecule has 174 valence electrons. The van der Waals surface area contributed by atoms with E-state index in [9.17, 15) is 14.0 Å². The molecule has 0 radical (unpaired) electrons. The fraction of sp³-hybridized carbons (Fsp3) is 0.391. The minimum atomic E-state index is -1.02. The quantitative estimate of drug-likeness (QED) is 0.451. The Balaban J connectivity index is 1.60. The van der Waals surface area contributed by atoms with Crippen molar-refractivity contribution in [2.45, 2.75) is 57.7 Å². The molecule has 1 saturated carbocycles. The first kappa shape index (κ1) is 22.5. The van der Waals surface area contributed by atoms with E-state index in [2.05, 4.69) is 26.0 Å². The molecule has 3 aromatic heterocycles. The highest BCUT2D eigenvalue weighted by Gasteiger charge is 2.25. The zero-order chi connectivity index (χ0) is 23.5. The van der Waals surface area contributed by atoms with E-state index in [0.29, 0.717) is 53.6 Å². The number of anilines is 1. The summed E-state index contributed by atoms with van der Waals surface area (Å²) in [4.78, 5) is 27.8. The van der Waals surface area contributed by atoms with Gasteiger partial charge in [-0.25, -0.2) is 13.7 Å². The van der Waals surface area contributed by atoms with Crippen LogP contribution in [-0.4, -0.2) is 49.8 Å². The number of aromatic nitrogens is 3. The molecule has 1 fully saturated rings. The van der Waals surface area contributed by atoms with Crippen molar-refractivity contribution in [2.75, 3.05) is 5.32 Å². The number of nitrogens with zero attached hydrogens (tertiary/aromatic N) is 3. The van der Waals surface area contributed by atoms with Crippen molar-refractivity contribution in [1.82, 2.24) is 25.2 Å². The van der Waals surface area contributed by atoms with E-state index in [1.165, 1.54) is 12.4 Å². The van der Waals surface area contributed by atoms with Gasteiger partial charge in [0.2, 0.25) is 0 Å². The molecule has 0 saturated heterocycles. The number of hydrogen-bond acceptors (Lipinski definition) is 5. The predicted molar refractivity (Wildman–Crippen MR) is 122 cm³/mol. The number of nitrogens with one attached hydrogen (secondary N) is 3. The van der Waals surface area contributed by atoms with Gasteiger partial charge in [0.1, 0.15) is 5.82 Å². The Morgan fingerprint density at radius 3 is 2.48 bits per heavy atom. The molecule has 10 heteroatoms. The van der Waals surface area contributed by atoms with Crippen LogP contribution in [0.15, 0.2) is 36.9 Å². The highest BCUT2D eigenvalue weighted by atomic mass is 19.1. The number of carbonyl (C=O) groups is 2. The van der Waals surface area contributed by atoms with Crippen LogP contribution >= 0.6 is 0 Å². The molecule has 0 bridgehead atoms. The lowest BCUT2D eigenvalue weighted by Crippen LogP contribution is -2.43. The molecule has 0 unspecified atom stereocenters. The van der Waals surface area contributed by atoms with Crippen molar-refractivity contribution in [1.29, 1.82) is 0 Å². The first-order chi connectivity index (χ1) is 15.8. The van der Waals surface area contributed by atoms with Crippen molar-refractivity contribution in [2.24, 2.45) is 0 Å². The summed E-state index contributed by atoms with van der Waals surface area (Å²) in [5.41, 5.74) is 2.73. The van der Waals surface area contributed by atoms with Crippen LogP contribution in [0.4, 0.5) is 14.9 Å². The summed E-state index contributed by atoms with van der Waals surface area (Å²) in [6.45, 7) is 3.95. The normalized spacial score (nSPS) is 18.3. The van der Waals surface area contributed by atoms with E-state index in [-0.39, 0.29) is 24.0 Å². The molecular formula is C23H27FN6O3. The van der Waals surface area contributed by atoms with Crippen LogP contribution in [0.25, 0.3) is 16.6 Å². The molecule has 1 aliphatic rings. The van der Waals surface area contributed by atoms with Crippen molar-refractivity contribution >= 4 is 23.2 Å². The zero-order valence-corrected chi connectivity index (χ0v) is 18.5. The smallest absolute Gasteiger partial charge is 0.404 e. The Hall–Kier alpha value is -3.69. The molecule has 9 nitrogen and oxygen atoms in total. The van der Waals surface area contributed by atoms with Gasteiger partial charge in [0, 0.05) is 41.6 Å². The van der Waals surface area contributed by atoms with Crippen molar-refractivity contribution in [3.05, 3.63) is 48.3 Å². The molecule has 0 aromatic carbocycles. The summed E-state index contributed by atoms with van der Waals surface area (Å²) in [5, 5.41) is 22.2. The van der Waals surface area contributed by atoms with Gasteiger partial charge in [0.15, 0.2) is 0 Å². The standard InChI is InChI=1S/C23H27FN6O3/c1-13(2)27-21-18(22(31)28-15-3-5-16(6-4-15)29-23(32)33)10-26-30-12-14(9-20(21)30)17-7-8-25-11-19(17)24/h7-13,15-16,27,29H,3-6H2,1-2H3,(H,28,31)(H,32,33)/t15-,16-. The topological polar surface area (TPSA) is 121 Å². The van der Waals surface area contributed by atoms with Gasteiger partial charge in [0.25, 0.3) is 5.91 Å². The number of amides is 2. The molecule has 33 heavy (non-hydrogen) atoms. The lowest BCUT2D eigenvalue weighted by atomic mass is 9.91. The predicted octanol–water partition coefficient (Wildman–Crippen LogP) is 3.66. The van der Waals surface area contributed by atoms with E-state index in [1.807, 2.05) is 13.8 Å². The average Bonchev–Trinajstić information content (AvgIpc) is 3.19. The third kappa shape index (κ3) is 5.05. The van der Waals surface area contributed by atoms with Crippen LogP contribution in [-0.2, 0) is 0 Å². The van der Waals surface area contributed by atoms with Crippen molar-refractivity contribution < 1.29 is 19.1 Å². The Morgan fingerprint density at radius 1 is 1.15 bits per heavy atom. The van der Waals surface area contributed by atoms with Crippen molar-refractivity contribution in [3.63, 3.8) is 0 Å². The van der Waals surface area contributed by atoms with Gasteiger partial charge < -0.3 is 21.1 Å². The van der Waals surface area contributed by atoms with Gasteiger partial charge in [-0.15, -0.1) is 0 Å². The van der Waals surface area contributed by atoms with E-state index < -0.39 is 11.9 Å². The van der Waals surface area contributed by atoms with Crippen LogP contribution in [0, 0.1) is 5.82 Å². The van der Waals surface area contributed by atoms with Crippen LogP contribution in [0.3, 0.4) is 0 Å². The second-order valence-corrected chi connectivity index (χ2v) is 8.62. The molecule has 3 aromatic rings. The van der Waals surface area contributed by atoms with E-state index in [1.54, 1.807) is 22.8 Å². The summed E-state index contributed by atoms with van der Waals surface area (Å²) in [6, 6.07) is 3.33. The van der Waals surface area contributed by atoms with Gasteiger partial charge in [-0.1, -0.05) is 0 Å². The molecule has 1 aliphatic carbocycles. The minimum absolute atomic E-state index is 0.0410. The molecule has 4 N–H and O–H groups in total. The molecule has 0 atom stereocenters. The first-order valence-corrected chi connectivity index (χ1v) is 11.0. The largest absolute Gasteiger partial charge is 0.465 e. The first-order valence-electron chi connectivity index (χ1n) is 11.0. The Labute approximate surface area is 190 Å². The fourth-order valence-corrected chi connectivity index (χ4v) is 4.25. The number of fused-ring (bicyclic) bond motifs is 1. The lowest BCUT2D eigenvalue weighted by Gasteiger charge is -2.29. The average molecular weight is 455 g/mol. The number of pyridine rings is 1. The maximum Gasteiger partial charge on any atom is 0.404 e. The number of rotatable bonds is 6. The monoisotopic (exact) mass is 454 g/mol. The zero-order valence-electron chi connectivity index (χ0n) is 18.5. The number of hydrogen-bond donors (Lipinski definition) is 4. The van der Waals surface area contributed by atoms with Crippen LogP contribution < -0.4 is 16.0 Å². The lowest BCUT2D eigenvalue weighted by molar-refractivity contribution is 0.0923. The minimum Gasteiger partial charge on any atom is -0.465 e. The SMILES string of the molecule is CC(C)Nc1c(C(=O)N[C@H]2CC[C@H](NC(=O)O)CC2)cnn2cc(-c3ccncc3F)cc12. The van der Waals surface area contributed by atoms with Crippen LogP contribution in [0.5, 0.6) is 0 Å². The Kier molecular flexibility index (Phi) is 6.43. The fourth-order valence-electron chi connectivity index (χ4n) is 4.25. The second kappa shape index (κ2) is 9.43. The van der Waals surface area contributed by atoms with E-state index >= 15 is 0 Å². The van der Waals surface area contributed by atoms with Gasteiger partial charge >= 0.3 is 6.09 Å². The Morgan fingerprint density at radius 2 is 1.85 bits per heavy atom. The maximum atomic E-state index is 14.3. The third-order valence-corrected chi connectivity index (χ3v) is 5.79. The Bertz CT molecular complexity index is 1170. The maximum absolute atomic E-state index is 14.3. The van der Waals surface area contributed by atoms with E-state index in [0.717, 1.165) is 6.20 Å². The highest BCUT2D eigenvalue weighted by Crippen LogP contribution is 2.30. The molecular weight excluding hydrogens is 427 g/mol. The van der Waals surface area contributed by atoms with Crippen LogP contribution in [0.1, 0.15) is 49.9 Å². The summed E-state index contributed by atoms with van der Waals surface area (Å²) >= 11 is 0. The molecule has 4 rings (SSSR count). The number of halogens is 1. The second-order valence-electron chi connectivity index (χ2n) is 8.62. The number of carbonyl (C=O) groups excluding carboxylic acids is 1. The van der Waals surface area contributed by atoms with Crippen LogP contribution in [0.2, 0.25) is 0 Å². The highest BCUT2D eigenvalue weighted by molar-refractivity contribution is 6.03. The molecule has 2 amide bonds. The molecule has 3 heterocycles. The number of carboxylic acid groups (broad SMARTS) is 1. The van der Waals surface area contributed by atoms with Gasteiger partial charge in [0.05, 0.1) is 29.2 Å². The molecule has 0 spiro atoms. The molecule has 0 aliphatic heterocycles. The van der Waals surface area contributed by atoms with Gasteiger partial charge in [-0.3, -0.25) is 9.78 Å². The van der Waals surface area contributed by atoms with Crippen molar-refractivity contribution in [3.8, 4) is 11.1 Å². The summed E-state index contributed by atoms with van der Waals surface area (Å²) in [5.74, 6) is -0.682.